The lowest BCUT2D eigenvalue weighted by Crippen LogP contribution is -2.53. The van der Waals surface area contributed by atoms with E-state index in [4.69, 9.17) is 0 Å². The maximum absolute atomic E-state index is 12.9. The number of fused-ring (bicyclic) bond motifs is 5. The Morgan fingerprint density at radius 1 is 1.08 bits per heavy atom. The van der Waals surface area contributed by atoms with Crippen LogP contribution in [0.3, 0.4) is 0 Å². The van der Waals surface area contributed by atoms with Crippen molar-refractivity contribution in [1.82, 2.24) is 0 Å². The van der Waals surface area contributed by atoms with Crippen LogP contribution in [-0.2, 0) is 9.59 Å². The topological polar surface area (TPSA) is 155 Å². The van der Waals surface area contributed by atoms with Crippen molar-refractivity contribution in [3.8, 4) is 11.5 Å². The van der Waals surface area contributed by atoms with Crippen molar-refractivity contribution >= 4 is 23.2 Å². The van der Waals surface area contributed by atoms with Gasteiger partial charge in [-0.2, -0.15) is 0 Å². The van der Waals surface area contributed by atoms with Crippen molar-refractivity contribution in [2.24, 2.45) is 34.5 Å². The molecule has 0 aliphatic heterocycles. The number of carbonyl (C=O) groups is 3. The summed E-state index contributed by atoms with van der Waals surface area (Å²) in [6.07, 6.45) is 6.47. The average molecular weight is 512 g/mol. The zero-order chi connectivity index (χ0) is 27.0. The van der Waals surface area contributed by atoms with Crippen LogP contribution < -0.4 is 0 Å². The first-order chi connectivity index (χ1) is 17.3. The zero-order valence-electron chi connectivity index (χ0n) is 21.3. The molecule has 0 aromatic heterocycles. The molecule has 4 aliphatic rings. The lowest BCUT2D eigenvalue weighted by atomic mass is 9.44. The van der Waals surface area contributed by atoms with Gasteiger partial charge in [-0.05, 0) is 80.1 Å². The fourth-order valence-corrected chi connectivity index (χ4v) is 9.01. The number of hydrogen-bond acceptors (Lipinski definition) is 7. The predicted molar refractivity (Wildman–Crippen MR) is 132 cm³/mol. The quantitative estimate of drug-likeness (QED) is 0.371. The maximum atomic E-state index is 12.9. The number of nitro groups is 1. The molecular formula is C28H33NO8. The number of phenols is 2. The SMILES string of the molecule is CC(=O)[C@H]1CC[C@H]2[C@@H]3CCC4=CC(=O)CC(c5c(O)c(C(=O)O)cc([N+](=O)[O-])c5O)[C@@]4(C)[C@H]3CC[C@]12C. The van der Waals surface area contributed by atoms with Crippen molar-refractivity contribution in [3.05, 3.63) is 39.0 Å². The van der Waals surface area contributed by atoms with Crippen LogP contribution in [-0.4, -0.2) is 37.8 Å². The van der Waals surface area contributed by atoms with Crippen LogP contribution in [0.4, 0.5) is 5.69 Å². The number of aromatic carboxylic acids is 1. The van der Waals surface area contributed by atoms with Crippen molar-refractivity contribution in [2.45, 2.75) is 71.6 Å². The Labute approximate surface area is 214 Å². The van der Waals surface area contributed by atoms with Gasteiger partial charge >= 0.3 is 11.7 Å². The molecule has 0 radical (unpaired) electrons. The van der Waals surface area contributed by atoms with Gasteiger partial charge in [0, 0.05) is 29.9 Å². The number of hydrogen-bond donors (Lipinski definition) is 3. The molecule has 0 spiro atoms. The van der Waals surface area contributed by atoms with E-state index in [1.807, 2.05) is 6.92 Å². The van der Waals surface area contributed by atoms with Gasteiger partial charge in [0.25, 0.3) is 0 Å². The Bertz CT molecular complexity index is 1230. The normalized spacial score (nSPS) is 36.7. The standard InChI is InChI=1S/C28H33NO8/c1-13(30)18-6-7-19-16-5-4-14-10-15(31)11-21(28(14,3)20(16)8-9-27(18,19)2)23-24(32)17(26(34)35)12-22(25(23)33)29(36)37/h10,12,16,18-21,32-33H,4-9,11H2,1-3H3,(H,34,35)/t16-,18+,19-,20-,21?,27+,28+/m0/s1. The summed E-state index contributed by atoms with van der Waals surface area (Å²) in [7, 11) is 0. The third kappa shape index (κ3) is 3.45. The second-order valence-corrected chi connectivity index (χ2v) is 12.0. The maximum Gasteiger partial charge on any atom is 0.339 e. The van der Waals surface area contributed by atoms with Crippen molar-refractivity contribution in [2.75, 3.05) is 0 Å². The summed E-state index contributed by atoms with van der Waals surface area (Å²) < 4.78 is 0. The summed E-state index contributed by atoms with van der Waals surface area (Å²) in [6, 6.07) is 0.663. The van der Waals surface area contributed by atoms with E-state index in [1.165, 1.54) is 0 Å². The fourth-order valence-electron chi connectivity index (χ4n) is 9.01. The molecule has 1 aromatic rings. The first-order valence-corrected chi connectivity index (χ1v) is 13.0. The van der Waals surface area contributed by atoms with E-state index in [0.717, 1.165) is 37.7 Å². The van der Waals surface area contributed by atoms with E-state index in [2.05, 4.69) is 6.92 Å². The largest absolute Gasteiger partial charge is 0.507 e. The minimum Gasteiger partial charge on any atom is -0.507 e. The molecule has 3 fully saturated rings. The Morgan fingerprint density at radius 2 is 1.78 bits per heavy atom. The number of ketones is 2. The Morgan fingerprint density at radius 3 is 2.41 bits per heavy atom. The summed E-state index contributed by atoms with van der Waals surface area (Å²) in [5, 5.41) is 43.4. The summed E-state index contributed by atoms with van der Waals surface area (Å²) in [6.45, 7) is 5.90. The highest BCUT2D eigenvalue weighted by molar-refractivity contribution is 5.95. The van der Waals surface area contributed by atoms with Crippen molar-refractivity contribution < 1.29 is 34.6 Å². The number of carboxylic acids is 1. The molecular weight excluding hydrogens is 478 g/mol. The van der Waals surface area contributed by atoms with Gasteiger partial charge in [0.05, 0.1) is 4.92 Å². The first kappa shape index (κ1) is 25.4. The molecule has 0 heterocycles. The lowest BCUT2D eigenvalue weighted by Gasteiger charge is -2.60. The monoisotopic (exact) mass is 511 g/mol. The van der Waals surface area contributed by atoms with E-state index in [0.29, 0.717) is 18.4 Å². The number of aromatic hydroxyl groups is 2. The highest BCUT2D eigenvalue weighted by Crippen LogP contribution is 2.69. The van der Waals surface area contributed by atoms with Crippen LogP contribution in [0.15, 0.2) is 17.7 Å². The summed E-state index contributed by atoms with van der Waals surface area (Å²) >= 11 is 0. The van der Waals surface area contributed by atoms with Gasteiger partial charge in [-0.15, -0.1) is 0 Å². The van der Waals surface area contributed by atoms with Crippen LogP contribution >= 0.6 is 0 Å². The Balaban J connectivity index is 1.67. The number of phenolic OH excluding ortho intramolecular Hbond substituents is 1. The fraction of sp³-hybridized carbons (Fsp3) is 0.607. The number of rotatable bonds is 4. The van der Waals surface area contributed by atoms with Gasteiger partial charge in [0.15, 0.2) is 5.78 Å². The molecule has 9 heteroatoms. The zero-order valence-corrected chi connectivity index (χ0v) is 21.3. The predicted octanol–water partition coefficient (Wildman–Crippen LogP) is 5.13. The van der Waals surface area contributed by atoms with Crippen LogP contribution in [0.1, 0.15) is 87.6 Å². The first-order valence-electron chi connectivity index (χ1n) is 13.0. The third-order valence-corrected chi connectivity index (χ3v) is 10.7. The number of benzene rings is 1. The highest BCUT2D eigenvalue weighted by atomic mass is 16.6. The number of nitro benzene ring substituents is 1. The molecule has 1 aromatic carbocycles. The van der Waals surface area contributed by atoms with Crippen molar-refractivity contribution in [3.63, 3.8) is 0 Å². The Hall–Kier alpha value is -3.23. The van der Waals surface area contributed by atoms with E-state index in [9.17, 15) is 39.8 Å². The smallest absolute Gasteiger partial charge is 0.339 e. The molecule has 4 aliphatic carbocycles. The average Bonchev–Trinajstić information content (AvgIpc) is 3.17. The molecule has 0 saturated heterocycles. The second-order valence-electron chi connectivity index (χ2n) is 12.0. The van der Waals surface area contributed by atoms with Gasteiger partial charge in [-0.25, -0.2) is 4.79 Å². The van der Waals surface area contributed by atoms with E-state index >= 15 is 0 Å². The van der Waals surface area contributed by atoms with Crippen molar-refractivity contribution in [1.29, 1.82) is 0 Å². The van der Waals surface area contributed by atoms with E-state index in [-0.39, 0.29) is 46.7 Å². The number of carbonyl (C=O) groups excluding carboxylic acids is 2. The molecule has 7 atom stereocenters. The highest BCUT2D eigenvalue weighted by Gasteiger charge is 2.62. The van der Waals surface area contributed by atoms with Crippen LogP contribution in [0.25, 0.3) is 0 Å². The number of allylic oxidation sites excluding steroid dienone is 1. The number of Topliss-reactive ketones (excluding diaryl/α,β-unsaturated/α-hetero) is 1. The van der Waals surface area contributed by atoms with Gasteiger partial charge < -0.3 is 15.3 Å². The van der Waals surface area contributed by atoms with Gasteiger partial charge in [0.2, 0.25) is 5.75 Å². The third-order valence-electron chi connectivity index (χ3n) is 10.7. The second kappa shape index (κ2) is 8.39. The van der Waals surface area contributed by atoms with Crippen LogP contribution in [0, 0.1) is 44.6 Å². The number of nitrogens with zero attached hydrogens (tertiary/aromatic N) is 1. The molecule has 9 nitrogen and oxygen atoms in total. The van der Waals surface area contributed by atoms with E-state index in [1.54, 1.807) is 13.0 Å². The molecule has 0 bridgehead atoms. The molecule has 5 rings (SSSR count). The van der Waals surface area contributed by atoms with Gasteiger partial charge in [0.1, 0.15) is 17.1 Å². The van der Waals surface area contributed by atoms with Gasteiger partial charge in [-0.3, -0.25) is 19.7 Å². The molecule has 1 unspecified atom stereocenters. The molecule has 0 amide bonds. The lowest BCUT2D eigenvalue weighted by molar-refractivity contribution is -0.386. The molecule has 37 heavy (non-hydrogen) atoms. The minimum absolute atomic E-state index is 0.0231. The van der Waals surface area contributed by atoms with Crippen LogP contribution in [0.2, 0.25) is 0 Å². The Kier molecular flexibility index (Phi) is 5.77. The summed E-state index contributed by atoms with van der Waals surface area (Å²) in [5.74, 6) is -3.22. The van der Waals surface area contributed by atoms with Crippen LogP contribution in [0.5, 0.6) is 11.5 Å². The van der Waals surface area contributed by atoms with Gasteiger partial charge in [-0.1, -0.05) is 19.4 Å². The molecule has 3 saturated carbocycles. The molecule has 198 valence electrons. The number of carboxylic acid groups (broad SMARTS) is 1. The summed E-state index contributed by atoms with van der Waals surface area (Å²) in [4.78, 5) is 48.1. The van der Waals surface area contributed by atoms with E-state index < -0.39 is 45.0 Å². The summed E-state index contributed by atoms with van der Waals surface area (Å²) in [5.41, 5.74) is -1.63. The minimum atomic E-state index is -1.55. The molecule has 3 N–H and O–H groups in total.